The second-order valence-corrected chi connectivity index (χ2v) is 10.2. The highest BCUT2D eigenvalue weighted by atomic mass is 15.1. The van der Waals surface area contributed by atoms with Crippen LogP contribution < -0.4 is 26.2 Å². The summed E-state index contributed by atoms with van der Waals surface area (Å²) in [6.07, 6.45) is 0. The molecule has 6 rings (SSSR count). The monoisotopic (exact) mass is 561 g/mol. The molecular formula is C38H35N5. The molecule has 0 saturated heterocycles. The van der Waals surface area contributed by atoms with Crippen LogP contribution in [0.2, 0.25) is 0 Å². The van der Waals surface area contributed by atoms with E-state index >= 15 is 0 Å². The Kier molecular flexibility index (Phi) is 8.52. The van der Waals surface area contributed by atoms with Crippen molar-refractivity contribution in [3.05, 3.63) is 158 Å². The van der Waals surface area contributed by atoms with Crippen LogP contribution in [0.5, 0.6) is 0 Å². The molecule has 43 heavy (non-hydrogen) atoms. The Hall–Kier alpha value is -5.68. The molecule has 0 aromatic heterocycles. The van der Waals surface area contributed by atoms with E-state index < -0.39 is 0 Å². The van der Waals surface area contributed by atoms with Gasteiger partial charge in [-0.3, -0.25) is 0 Å². The van der Waals surface area contributed by atoms with Crippen LogP contribution in [0.3, 0.4) is 0 Å². The minimum Gasteiger partial charge on any atom is -0.356 e. The smallest absolute Gasteiger partial charge is 0.0412 e. The molecule has 0 saturated carbocycles. The molecule has 0 unspecified atom stereocenters. The first kappa shape index (κ1) is 27.5. The number of nitrogens with one attached hydrogen (secondary N) is 4. The summed E-state index contributed by atoms with van der Waals surface area (Å²) < 4.78 is 0. The van der Waals surface area contributed by atoms with Crippen LogP contribution in [0.4, 0.5) is 56.9 Å². The van der Waals surface area contributed by atoms with Crippen LogP contribution in [-0.4, -0.2) is 6.54 Å². The van der Waals surface area contributed by atoms with E-state index in [0.29, 0.717) is 0 Å². The fraction of sp³-hybridized carbons (Fsp3) is 0.0526. The Balaban J connectivity index is 1.05. The number of rotatable bonds is 11. The number of para-hydroxylation sites is 2. The lowest BCUT2D eigenvalue weighted by Crippen LogP contribution is -2.15. The molecule has 0 aliphatic rings. The zero-order chi connectivity index (χ0) is 29.3. The Bertz CT molecular complexity index is 1570. The molecule has 0 heterocycles. The molecule has 5 nitrogen and oxygen atoms in total. The van der Waals surface area contributed by atoms with Crippen LogP contribution in [0.15, 0.2) is 158 Å². The third-order valence-corrected chi connectivity index (χ3v) is 7.15. The van der Waals surface area contributed by atoms with Gasteiger partial charge in [-0.1, -0.05) is 36.4 Å². The summed E-state index contributed by atoms with van der Waals surface area (Å²) in [6.45, 7) is 3.04. The van der Waals surface area contributed by atoms with Gasteiger partial charge in [0, 0.05) is 63.4 Å². The third kappa shape index (κ3) is 7.34. The molecule has 0 fully saturated rings. The van der Waals surface area contributed by atoms with Gasteiger partial charge in [-0.2, -0.15) is 0 Å². The van der Waals surface area contributed by atoms with Gasteiger partial charge in [0.15, 0.2) is 0 Å². The molecule has 0 amide bonds. The van der Waals surface area contributed by atoms with Crippen LogP contribution in [0.25, 0.3) is 0 Å². The maximum absolute atomic E-state index is 3.51. The first-order chi connectivity index (χ1) is 21.2. The molecule has 0 atom stereocenters. The van der Waals surface area contributed by atoms with E-state index in [1.165, 1.54) is 0 Å². The van der Waals surface area contributed by atoms with Crippen molar-refractivity contribution in [3.63, 3.8) is 0 Å². The SMILES string of the molecule is CCN(c1ccc(Nc2ccc(Nc3ccccc3)cc2)cc1)c1ccc(Nc2ccc(Nc3ccccc3)cc2)cc1. The maximum Gasteiger partial charge on any atom is 0.0412 e. The minimum atomic E-state index is 0.866. The van der Waals surface area contributed by atoms with Gasteiger partial charge in [-0.25, -0.2) is 0 Å². The largest absolute Gasteiger partial charge is 0.356 e. The van der Waals surface area contributed by atoms with Crippen molar-refractivity contribution in [2.45, 2.75) is 6.92 Å². The van der Waals surface area contributed by atoms with Gasteiger partial charge in [0.05, 0.1) is 0 Å². The summed E-state index contributed by atoms with van der Waals surface area (Å²) in [6, 6.07) is 54.2. The predicted molar refractivity (Wildman–Crippen MR) is 184 cm³/mol. The van der Waals surface area contributed by atoms with Crippen molar-refractivity contribution >= 4 is 56.9 Å². The van der Waals surface area contributed by atoms with Gasteiger partial charge in [-0.05, 0) is 128 Å². The quantitative estimate of drug-likeness (QED) is 0.127. The van der Waals surface area contributed by atoms with Gasteiger partial charge in [0.1, 0.15) is 0 Å². The molecule has 0 spiro atoms. The fourth-order valence-electron chi connectivity index (χ4n) is 4.95. The lowest BCUT2D eigenvalue weighted by Gasteiger charge is -2.24. The normalized spacial score (nSPS) is 10.5. The number of anilines is 10. The summed E-state index contributed by atoms with van der Waals surface area (Å²) in [4.78, 5) is 2.31. The Labute approximate surface area is 253 Å². The number of hydrogen-bond donors (Lipinski definition) is 4. The number of benzene rings is 6. The van der Waals surface area contributed by atoms with E-state index in [1.54, 1.807) is 0 Å². The zero-order valence-corrected chi connectivity index (χ0v) is 24.2. The summed E-state index contributed by atoms with van der Waals surface area (Å²) in [5.41, 5.74) is 10.8. The molecule has 6 aromatic rings. The summed E-state index contributed by atoms with van der Waals surface area (Å²) >= 11 is 0. The first-order valence-electron chi connectivity index (χ1n) is 14.6. The highest BCUT2D eigenvalue weighted by Crippen LogP contribution is 2.30. The van der Waals surface area contributed by atoms with Crippen molar-refractivity contribution in [3.8, 4) is 0 Å². The Morgan fingerprint density at radius 3 is 0.814 bits per heavy atom. The van der Waals surface area contributed by atoms with Crippen molar-refractivity contribution < 1.29 is 0 Å². The van der Waals surface area contributed by atoms with E-state index in [-0.39, 0.29) is 0 Å². The molecular weight excluding hydrogens is 526 g/mol. The van der Waals surface area contributed by atoms with Crippen LogP contribution in [0.1, 0.15) is 6.92 Å². The minimum absolute atomic E-state index is 0.866. The molecule has 0 aliphatic heterocycles. The van der Waals surface area contributed by atoms with Gasteiger partial charge < -0.3 is 26.2 Å². The Morgan fingerprint density at radius 1 is 0.326 bits per heavy atom. The predicted octanol–water partition coefficient (Wildman–Crippen LogP) is 10.8. The molecule has 0 bridgehead atoms. The summed E-state index contributed by atoms with van der Waals surface area (Å²) in [5, 5.41) is 13.9. The standard InChI is InChI=1S/C38H35N5/c1-2-43(37-25-21-35(22-26-37)41-33-17-13-31(14-18-33)39-29-9-5-3-6-10-29)38-27-23-36(24-28-38)42-34-19-15-32(16-20-34)40-30-11-7-4-8-12-30/h3-28,39-42H,2H2,1H3. The van der Waals surface area contributed by atoms with Gasteiger partial charge >= 0.3 is 0 Å². The molecule has 212 valence electrons. The maximum atomic E-state index is 3.51. The average molecular weight is 562 g/mol. The van der Waals surface area contributed by atoms with Crippen LogP contribution in [-0.2, 0) is 0 Å². The fourth-order valence-corrected chi connectivity index (χ4v) is 4.95. The van der Waals surface area contributed by atoms with Gasteiger partial charge in [0.2, 0.25) is 0 Å². The second-order valence-electron chi connectivity index (χ2n) is 10.2. The average Bonchev–Trinajstić information content (AvgIpc) is 3.06. The second kappa shape index (κ2) is 13.3. The third-order valence-electron chi connectivity index (χ3n) is 7.15. The lowest BCUT2D eigenvalue weighted by atomic mass is 10.2. The Morgan fingerprint density at radius 2 is 0.558 bits per heavy atom. The zero-order valence-electron chi connectivity index (χ0n) is 24.2. The van der Waals surface area contributed by atoms with Crippen molar-refractivity contribution in [1.29, 1.82) is 0 Å². The van der Waals surface area contributed by atoms with Crippen molar-refractivity contribution in [2.24, 2.45) is 0 Å². The van der Waals surface area contributed by atoms with E-state index in [9.17, 15) is 0 Å². The molecule has 0 radical (unpaired) electrons. The summed E-state index contributed by atoms with van der Waals surface area (Å²) in [5.74, 6) is 0. The van der Waals surface area contributed by atoms with Gasteiger partial charge in [-0.15, -0.1) is 0 Å². The molecule has 6 aromatic carbocycles. The van der Waals surface area contributed by atoms with Gasteiger partial charge in [0.25, 0.3) is 0 Å². The van der Waals surface area contributed by atoms with E-state index in [1.807, 2.05) is 36.4 Å². The highest BCUT2D eigenvalue weighted by Gasteiger charge is 2.08. The van der Waals surface area contributed by atoms with Crippen molar-refractivity contribution in [2.75, 3.05) is 32.7 Å². The molecule has 0 aliphatic carbocycles. The van der Waals surface area contributed by atoms with Crippen LogP contribution in [0, 0.1) is 0 Å². The van der Waals surface area contributed by atoms with E-state index in [0.717, 1.165) is 63.4 Å². The number of hydrogen-bond acceptors (Lipinski definition) is 5. The van der Waals surface area contributed by atoms with Crippen molar-refractivity contribution in [1.82, 2.24) is 0 Å². The number of nitrogens with zero attached hydrogens (tertiary/aromatic N) is 1. The van der Waals surface area contributed by atoms with E-state index in [4.69, 9.17) is 0 Å². The summed E-state index contributed by atoms with van der Waals surface area (Å²) in [7, 11) is 0. The lowest BCUT2D eigenvalue weighted by molar-refractivity contribution is 1.02. The van der Waals surface area contributed by atoms with Crippen LogP contribution >= 0.6 is 0 Å². The van der Waals surface area contributed by atoms with E-state index in [2.05, 4.69) is 154 Å². The highest BCUT2D eigenvalue weighted by molar-refractivity contribution is 5.72. The molecule has 4 N–H and O–H groups in total. The first-order valence-corrected chi connectivity index (χ1v) is 14.6. The molecule has 5 heteroatoms. The topological polar surface area (TPSA) is 51.4 Å².